The van der Waals surface area contributed by atoms with Gasteiger partial charge in [0.05, 0.1) is 18.4 Å². The van der Waals surface area contributed by atoms with Crippen LogP contribution < -0.4 is 4.74 Å². The van der Waals surface area contributed by atoms with Gasteiger partial charge in [0.15, 0.2) is 0 Å². The van der Waals surface area contributed by atoms with E-state index in [9.17, 15) is 4.79 Å². The van der Waals surface area contributed by atoms with Gasteiger partial charge in [0.25, 0.3) is 0 Å². The Hall–Kier alpha value is -2.27. The molecule has 3 rings (SSSR count). The molecule has 0 saturated heterocycles. The molecule has 0 saturated carbocycles. The zero-order chi connectivity index (χ0) is 16.9. The van der Waals surface area contributed by atoms with E-state index in [1.54, 1.807) is 13.2 Å². The number of nitrogens with zero attached hydrogens (tertiary/aromatic N) is 1. The summed E-state index contributed by atoms with van der Waals surface area (Å²) in [6.45, 7) is 0. The topological polar surface area (TPSA) is 47.9 Å². The molecule has 0 atom stereocenters. The molecule has 0 heterocycles. The van der Waals surface area contributed by atoms with Gasteiger partial charge in [-0.15, -0.1) is 11.8 Å². The summed E-state index contributed by atoms with van der Waals surface area (Å²) in [7, 11) is 1.64. The van der Waals surface area contributed by atoms with Crippen LogP contribution in [0.2, 0.25) is 0 Å². The number of rotatable bonds is 4. The largest absolute Gasteiger partial charge is 0.497 e. The second-order valence-electron chi connectivity index (χ2n) is 5.49. The molecule has 24 heavy (non-hydrogen) atoms. The lowest BCUT2D eigenvalue weighted by Gasteiger charge is -2.18. The van der Waals surface area contributed by atoms with Crippen molar-refractivity contribution in [2.45, 2.75) is 24.2 Å². The third kappa shape index (κ3) is 3.46. The van der Waals surface area contributed by atoms with E-state index in [0.717, 1.165) is 41.2 Å². The average Bonchev–Trinajstić information content (AvgIpc) is 2.65. The van der Waals surface area contributed by atoms with Crippen molar-refractivity contribution < 1.29 is 14.4 Å². The van der Waals surface area contributed by atoms with E-state index in [0.29, 0.717) is 5.56 Å². The molecule has 0 aromatic heterocycles. The molecule has 2 aromatic rings. The number of hydrogen-bond donors (Lipinski definition) is 0. The first-order chi connectivity index (χ1) is 11.7. The van der Waals surface area contributed by atoms with Crippen LogP contribution in [0.1, 0.15) is 34.3 Å². The minimum absolute atomic E-state index is 0.428. The summed E-state index contributed by atoms with van der Waals surface area (Å²) in [5.74, 6) is 0.352. The van der Waals surface area contributed by atoms with Gasteiger partial charge in [-0.2, -0.15) is 0 Å². The lowest BCUT2D eigenvalue weighted by Crippen LogP contribution is -2.14. The molecule has 0 unspecified atom stereocenters. The molecule has 0 amide bonds. The van der Waals surface area contributed by atoms with E-state index in [-0.39, 0.29) is 0 Å². The number of aryl methyl sites for hydroxylation is 1. The number of oxime groups is 1. The minimum atomic E-state index is -0.428. The summed E-state index contributed by atoms with van der Waals surface area (Å²) >= 11 is 1.51. The van der Waals surface area contributed by atoms with Gasteiger partial charge >= 0.3 is 5.97 Å². The van der Waals surface area contributed by atoms with Crippen molar-refractivity contribution >= 4 is 23.4 Å². The monoisotopic (exact) mass is 341 g/mol. The second-order valence-corrected chi connectivity index (χ2v) is 6.34. The molecule has 4 nitrogen and oxygen atoms in total. The molecule has 124 valence electrons. The molecule has 5 heteroatoms. The number of thioether (sulfide) groups is 1. The van der Waals surface area contributed by atoms with E-state index in [1.807, 2.05) is 42.7 Å². The van der Waals surface area contributed by atoms with Crippen LogP contribution in [0.5, 0.6) is 5.75 Å². The maximum Gasteiger partial charge on any atom is 0.366 e. The Morgan fingerprint density at radius 3 is 2.79 bits per heavy atom. The van der Waals surface area contributed by atoms with Crippen molar-refractivity contribution in [3.63, 3.8) is 0 Å². The van der Waals surface area contributed by atoms with Gasteiger partial charge in [-0.1, -0.05) is 23.4 Å². The first kappa shape index (κ1) is 16.6. The number of carbonyl (C=O) groups is 1. The fraction of sp³-hybridized carbons (Fsp3) is 0.263. The van der Waals surface area contributed by atoms with Gasteiger partial charge in [-0.05, 0) is 55.3 Å². The van der Waals surface area contributed by atoms with Gasteiger partial charge in [-0.25, -0.2) is 4.79 Å². The molecule has 1 aliphatic rings. The average molecular weight is 341 g/mol. The fourth-order valence-electron chi connectivity index (χ4n) is 2.80. The summed E-state index contributed by atoms with van der Waals surface area (Å²) in [6, 6.07) is 13.3. The number of fused-ring (bicyclic) bond motifs is 1. The van der Waals surface area contributed by atoms with Crippen molar-refractivity contribution in [1.82, 2.24) is 0 Å². The van der Waals surface area contributed by atoms with Gasteiger partial charge in [-0.3, -0.25) is 0 Å². The van der Waals surface area contributed by atoms with Crippen molar-refractivity contribution in [2.75, 3.05) is 13.4 Å². The predicted molar refractivity (Wildman–Crippen MR) is 96.1 cm³/mol. The third-order valence-corrected chi connectivity index (χ3v) is 4.85. The van der Waals surface area contributed by atoms with Gasteiger partial charge in [0.2, 0.25) is 0 Å². The predicted octanol–water partition coefficient (Wildman–Crippen LogP) is 4.31. The molecule has 0 fully saturated rings. The highest BCUT2D eigenvalue weighted by atomic mass is 32.2. The van der Waals surface area contributed by atoms with Gasteiger partial charge in [0, 0.05) is 10.5 Å². The Morgan fingerprint density at radius 2 is 2.00 bits per heavy atom. The van der Waals surface area contributed by atoms with Crippen LogP contribution in [0.4, 0.5) is 0 Å². The Morgan fingerprint density at radius 1 is 1.17 bits per heavy atom. The molecule has 0 N–H and O–H groups in total. The number of ether oxygens (including phenoxy) is 1. The molecular weight excluding hydrogens is 322 g/mol. The lowest BCUT2D eigenvalue weighted by molar-refractivity contribution is 0.0511. The summed E-state index contributed by atoms with van der Waals surface area (Å²) in [6.07, 6.45) is 4.72. The van der Waals surface area contributed by atoms with Crippen molar-refractivity contribution in [3.05, 3.63) is 59.2 Å². The molecule has 0 spiro atoms. The Labute approximate surface area is 145 Å². The van der Waals surface area contributed by atoms with Crippen LogP contribution in [-0.2, 0) is 11.3 Å². The number of carbonyl (C=O) groups excluding carboxylic acids is 1. The van der Waals surface area contributed by atoms with Crippen molar-refractivity contribution in [2.24, 2.45) is 5.16 Å². The summed E-state index contributed by atoms with van der Waals surface area (Å²) in [5, 5.41) is 4.15. The first-order valence-electron chi connectivity index (χ1n) is 7.81. The SMILES string of the molecule is COc1ccc2c(c1)/C(=N/OC(=O)c1ccccc1SC)CCC2. The van der Waals surface area contributed by atoms with E-state index >= 15 is 0 Å². The molecule has 2 aromatic carbocycles. The van der Waals surface area contributed by atoms with Gasteiger partial charge in [0.1, 0.15) is 5.75 Å². The van der Waals surface area contributed by atoms with Crippen molar-refractivity contribution in [1.29, 1.82) is 0 Å². The van der Waals surface area contributed by atoms with Crippen LogP contribution in [0.25, 0.3) is 0 Å². The molecule has 0 bridgehead atoms. The van der Waals surface area contributed by atoms with Crippen LogP contribution in [0, 0.1) is 0 Å². The number of methoxy groups -OCH3 is 1. The normalized spacial score (nSPS) is 15.0. The number of benzene rings is 2. The van der Waals surface area contributed by atoms with Crippen LogP contribution >= 0.6 is 11.8 Å². The summed E-state index contributed by atoms with van der Waals surface area (Å²) < 4.78 is 5.29. The highest BCUT2D eigenvalue weighted by Gasteiger charge is 2.18. The van der Waals surface area contributed by atoms with Crippen LogP contribution in [-0.4, -0.2) is 25.0 Å². The fourth-order valence-corrected chi connectivity index (χ4v) is 3.39. The smallest absolute Gasteiger partial charge is 0.366 e. The standard InChI is InChI=1S/C19H19NO3S/c1-22-14-11-10-13-6-5-8-17(16(13)12-14)20-23-19(21)15-7-3-4-9-18(15)24-2/h3-4,7,9-12H,5-6,8H2,1-2H3/b20-17+. The van der Waals surface area contributed by atoms with Crippen LogP contribution in [0.3, 0.4) is 0 Å². The van der Waals surface area contributed by atoms with Gasteiger partial charge < -0.3 is 9.57 Å². The summed E-state index contributed by atoms with van der Waals surface area (Å²) in [4.78, 5) is 18.5. The number of hydrogen-bond acceptors (Lipinski definition) is 5. The Balaban J connectivity index is 1.84. The molecule has 1 aliphatic carbocycles. The molecule has 0 radical (unpaired) electrons. The van der Waals surface area contributed by atoms with E-state index in [4.69, 9.17) is 9.57 Å². The second kappa shape index (κ2) is 7.53. The van der Waals surface area contributed by atoms with E-state index in [2.05, 4.69) is 5.16 Å². The first-order valence-corrected chi connectivity index (χ1v) is 9.04. The highest BCUT2D eigenvalue weighted by Crippen LogP contribution is 2.26. The van der Waals surface area contributed by atoms with E-state index in [1.165, 1.54) is 17.3 Å². The molecular formula is C19H19NO3S. The maximum absolute atomic E-state index is 12.3. The minimum Gasteiger partial charge on any atom is -0.497 e. The van der Waals surface area contributed by atoms with Crippen molar-refractivity contribution in [3.8, 4) is 5.75 Å². The van der Waals surface area contributed by atoms with Crippen LogP contribution in [0.15, 0.2) is 52.5 Å². The quantitative estimate of drug-likeness (QED) is 0.472. The lowest BCUT2D eigenvalue weighted by atomic mass is 9.90. The zero-order valence-corrected chi connectivity index (χ0v) is 14.6. The highest BCUT2D eigenvalue weighted by molar-refractivity contribution is 7.98. The Bertz CT molecular complexity index is 786. The third-order valence-electron chi connectivity index (χ3n) is 4.05. The van der Waals surface area contributed by atoms with E-state index < -0.39 is 5.97 Å². The maximum atomic E-state index is 12.3. The molecule has 0 aliphatic heterocycles. The zero-order valence-electron chi connectivity index (χ0n) is 13.7. The Kier molecular flexibility index (Phi) is 5.20. The summed E-state index contributed by atoms with van der Waals surface area (Å²) in [5.41, 5.74) is 3.55.